The fourth-order valence-corrected chi connectivity index (χ4v) is 3.72. The quantitative estimate of drug-likeness (QED) is 0.652. The molecule has 6 heteroatoms. The van der Waals surface area contributed by atoms with Gasteiger partial charge in [-0.2, -0.15) is 0 Å². The van der Waals surface area contributed by atoms with Gasteiger partial charge in [0.2, 0.25) is 10.0 Å². The minimum absolute atomic E-state index is 0.0156. The lowest BCUT2D eigenvalue weighted by molar-refractivity contribution is 0.512. The second-order valence-corrected chi connectivity index (χ2v) is 7.18. The third-order valence-electron chi connectivity index (χ3n) is 3.58. The number of nitrogens with zero attached hydrogens (tertiary/aromatic N) is 1. The first-order valence-electron chi connectivity index (χ1n) is 7.82. The van der Waals surface area contributed by atoms with Crippen LogP contribution in [0.25, 0.3) is 0 Å². The minimum atomic E-state index is -3.42. The Labute approximate surface area is 129 Å². The molecule has 0 radical (unpaired) electrons. The Hall–Kier alpha value is -0.850. The van der Waals surface area contributed by atoms with Gasteiger partial charge in [0.25, 0.3) is 0 Å². The summed E-state index contributed by atoms with van der Waals surface area (Å²) >= 11 is 0. The van der Waals surface area contributed by atoms with E-state index in [-0.39, 0.29) is 6.04 Å². The molecule has 1 rings (SSSR count). The zero-order valence-corrected chi connectivity index (χ0v) is 14.5. The molecular formula is C15H29N3O2S. The Morgan fingerprint density at radius 1 is 1.24 bits per heavy atom. The van der Waals surface area contributed by atoms with Gasteiger partial charge in [-0.05, 0) is 31.9 Å². The smallest absolute Gasteiger partial charge is 0.242 e. The monoisotopic (exact) mass is 315 g/mol. The number of sulfonamides is 1. The van der Waals surface area contributed by atoms with Crippen molar-refractivity contribution in [3.63, 3.8) is 0 Å². The van der Waals surface area contributed by atoms with Crippen molar-refractivity contribution >= 4 is 10.0 Å². The van der Waals surface area contributed by atoms with Gasteiger partial charge in [0.15, 0.2) is 0 Å². The van der Waals surface area contributed by atoms with E-state index >= 15 is 0 Å². The van der Waals surface area contributed by atoms with Crippen LogP contribution in [0.1, 0.15) is 52.1 Å². The maximum Gasteiger partial charge on any atom is 0.242 e. The van der Waals surface area contributed by atoms with Crippen LogP contribution in [0.5, 0.6) is 0 Å². The standard InChI is InChI=1S/C15H29N3O2S/c1-5-8-13(7-3)17-21(19,20)15-10-14(18(4)12-15)11-16-9-6-2/h10,12-13,16-17H,5-9,11H2,1-4H3. The molecule has 1 aromatic rings. The maximum absolute atomic E-state index is 12.4. The second kappa shape index (κ2) is 8.56. The molecule has 5 nitrogen and oxygen atoms in total. The minimum Gasteiger partial charge on any atom is -0.352 e. The Morgan fingerprint density at radius 2 is 1.95 bits per heavy atom. The van der Waals surface area contributed by atoms with Crippen LogP contribution in [0.15, 0.2) is 17.2 Å². The van der Waals surface area contributed by atoms with Crippen LogP contribution in [0.3, 0.4) is 0 Å². The van der Waals surface area contributed by atoms with Crippen molar-refractivity contribution in [3.8, 4) is 0 Å². The lowest BCUT2D eigenvalue weighted by atomic mass is 10.1. The van der Waals surface area contributed by atoms with Gasteiger partial charge >= 0.3 is 0 Å². The molecule has 0 fully saturated rings. The molecule has 0 aromatic carbocycles. The zero-order valence-electron chi connectivity index (χ0n) is 13.6. The van der Waals surface area contributed by atoms with E-state index in [1.54, 1.807) is 12.3 Å². The Balaban J connectivity index is 2.81. The van der Waals surface area contributed by atoms with Crippen LogP contribution in [-0.4, -0.2) is 25.6 Å². The lowest BCUT2D eigenvalue weighted by Crippen LogP contribution is -2.34. The molecular weight excluding hydrogens is 286 g/mol. The molecule has 122 valence electrons. The molecule has 2 N–H and O–H groups in total. The van der Waals surface area contributed by atoms with E-state index in [2.05, 4.69) is 23.9 Å². The van der Waals surface area contributed by atoms with Crippen LogP contribution in [0, 0.1) is 0 Å². The lowest BCUT2D eigenvalue weighted by Gasteiger charge is -2.15. The van der Waals surface area contributed by atoms with E-state index in [1.165, 1.54) is 0 Å². The molecule has 0 bridgehead atoms. The summed E-state index contributed by atoms with van der Waals surface area (Å²) in [5.74, 6) is 0. The molecule has 0 amide bonds. The van der Waals surface area contributed by atoms with E-state index in [1.807, 2.05) is 18.5 Å². The third-order valence-corrected chi connectivity index (χ3v) is 5.07. The molecule has 21 heavy (non-hydrogen) atoms. The van der Waals surface area contributed by atoms with Gasteiger partial charge in [-0.25, -0.2) is 13.1 Å². The summed E-state index contributed by atoms with van der Waals surface area (Å²) in [7, 11) is -1.54. The Morgan fingerprint density at radius 3 is 2.52 bits per heavy atom. The highest BCUT2D eigenvalue weighted by atomic mass is 32.2. The van der Waals surface area contributed by atoms with Crippen molar-refractivity contribution in [1.29, 1.82) is 0 Å². The molecule has 0 saturated carbocycles. The number of nitrogens with one attached hydrogen (secondary N) is 2. The largest absolute Gasteiger partial charge is 0.352 e. The number of rotatable bonds is 10. The summed E-state index contributed by atoms with van der Waals surface area (Å²) in [4.78, 5) is 0.354. The highest BCUT2D eigenvalue weighted by Gasteiger charge is 2.20. The second-order valence-electron chi connectivity index (χ2n) is 5.47. The maximum atomic E-state index is 12.4. The van der Waals surface area contributed by atoms with Crippen LogP contribution < -0.4 is 10.0 Å². The van der Waals surface area contributed by atoms with Crippen LogP contribution in [0.2, 0.25) is 0 Å². The average molecular weight is 315 g/mol. The van der Waals surface area contributed by atoms with E-state index in [4.69, 9.17) is 0 Å². The third kappa shape index (κ3) is 5.45. The van der Waals surface area contributed by atoms with Gasteiger partial charge in [-0.1, -0.05) is 27.2 Å². The van der Waals surface area contributed by atoms with Gasteiger partial charge in [0.05, 0.1) is 4.90 Å². The predicted molar refractivity (Wildman–Crippen MR) is 86.7 cm³/mol. The van der Waals surface area contributed by atoms with Crippen LogP contribution in [-0.2, 0) is 23.6 Å². The number of aromatic nitrogens is 1. The van der Waals surface area contributed by atoms with E-state index in [0.29, 0.717) is 11.4 Å². The first kappa shape index (κ1) is 18.2. The molecule has 0 aliphatic heterocycles. The molecule has 1 heterocycles. The Kier molecular flexibility index (Phi) is 7.42. The number of hydrogen-bond donors (Lipinski definition) is 2. The highest BCUT2D eigenvalue weighted by Crippen LogP contribution is 2.15. The van der Waals surface area contributed by atoms with Crippen LogP contribution >= 0.6 is 0 Å². The van der Waals surface area contributed by atoms with Gasteiger partial charge in [0.1, 0.15) is 0 Å². The fraction of sp³-hybridized carbons (Fsp3) is 0.733. The number of aryl methyl sites for hydroxylation is 1. The van der Waals surface area contributed by atoms with Gasteiger partial charge in [-0.3, -0.25) is 0 Å². The zero-order chi connectivity index (χ0) is 15.9. The SMILES string of the molecule is CCCNCc1cc(S(=O)(=O)NC(CC)CCC)cn1C. The molecule has 0 spiro atoms. The summed E-state index contributed by atoms with van der Waals surface area (Å²) in [5, 5.41) is 3.29. The van der Waals surface area contributed by atoms with Crippen molar-refractivity contribution in [2.45, 2.75) is 63.9 Å². The number of hydrogen-bond acceptors (Lipinski definition) is 3. The molecule has 1 atom stereocenters. The van der Waals surface area contributed by atoms with E-state index < -0.39 is 10.0 Å². The molecule has 1 unspecified atom stereocenters. The van der Waals surface area contributed by atoms with E-state index in [0.717, 1.165) is 37.9 Å². The van der Waals surface area contributed by atoms with Crippen molar-refractivity contribution in [1.82, 2.24) is 14.6 Å². The summed E-state index contributed by atoms with van der Waals surface area (Å²) in [6, 6.07) is 1.77. The summed E-state index contributed by atoms with van der Waals surface area (Å²) in [5.41, 5.74) is 0.979. The predicted octanol–water partition coefficient (Wildman–Crippen LogP) is 2.38. The van der Waals surface area contributed by atoms with Crippen molar-refractivity contribution in [3.05, 3.63) is 18.0 Å². The topological polar surface area (TPSA) is 63.1 Å². The van der Waals surface area contributed by atoms with Crippen molar-refractivity contribution < 1.29 is 8.42 Å². The highest BCUT2D eigenvalue weighted by molar-refractivity contribution is 7.89. The normalized spacial score (nSPS) is 13.5. The van der Waals surface area contributed by atoms with Gasteiger partial charge < -0.3 is 9.88 Å². The van der Waals surface area contributed by atoms with Crippen molar-refractivity contribution in [2.24, 2.45) is 7.05 Å². The molecule has 0 saturated heterocycles. The summed E-state index contributed by atoms with van der Waals surface area (Å²) in [6.07, 6.45) is 5.40. The molecule has 0 aliphatic carbocycles. The van der Waals surface area contributed by atoms with Gasteiger partial charge in [0, 0.05) is 31.5 Å². The Bertz CT molecular complexity index is 523. The summed E-state index contributed by atoms with van der Waals surface area (Å²) in [6.45, 7) is 7.80. The van der Waals surface area contributed by atoms with Crippen LogP contribution in [0.4, 0.5) is 0 Å². The first-order chi connectivity index (χ1) is 9.94. The van der Waals surface area contributed by atoms with Gasteiger partial charge in [-0.15, -0.1) is 0 Å². The fourth-order valence-electron chi connectivity index (χ4n) is 2.28. The molecule has 0 aliphatic rings. The molecule has 1 aromatic heterocycles. The first-order valence-corrected chi connectivity index (χ1v) is 9.31. The van der Waals surface area contributed by atoms with E-state index in [9.17, 15) is 8.42 Å². The average Bonchev–Trinajstić information content (AvgIpc) is 2.81. The van der Waals surface area contributed by atoms with Crippen molar-refractivity contribution in [2.75, 3.05) is 6.54 Å². The summed E-state index contributed by atoms with van der Waals surface area (Å²) < 4.78 is 29.5.